The Morgan fingerprint density at radius 2 is 1.70 bits per heavy atom. The second kappa shape index (κ2) is 11.0. The van der Waals surface area contributed by atoms with Crippen molar-refractivity contribution in [3.05, 3.63) is 65.7 Å². The van der Waals surface area contributed by atoms with Gasteiger partial charge in [0, 0.05) is 6.04 Å². The normalized spacial score (nSPS) is 13.4. The number of rotatable bonds is 9. The van der Waals surface area contributed by atoms with Crippen LogP contribution >= 0.6 is 0 Å². The van der Waals surface area contributed by atoms with E-state index in [2.05, 4.69) is 6.92 Å². The van der Waals surface area contributed by atoms with Crippen LogP contribution in [-0.2, 0) is 11.3 Å². The molecule has 0 radical (unpaired) electrons. The molecule has 0 aliphatic carbocycles. The molecule has 0 aliphatic rings. The number of carbonyl (C=O) groups is 1. The van der Waals surface area contributed by atoms with Crippen molar-refractivity contribution < 1.29 is 19.4 Å². The van der Waals surface area contributed by atoms with Crippen LogP contribution in [-0.4, -0.2) is 34.3 Å². The van der Waals surface area contributed by atoms with Gasteiger partial charge in [0.1, 0.15) is 18.0 Å². The summed E-state index contributed by atoms with van der Waals surface area (Å²) in [5, 5.41) is 10.8. The van der Waals surface area contributed by atoms with Gasteiger partial charge in [-0.15, -0.1) is 0 Å². The van der Waals surface area contributed by atoms with Gasteiger partial charge in [-0.2, -0.15) is 0 Å². The summed E-state index contributed by atoms with van der Waals surface area (Å²) in [4.78, 5) is 14.3. The van der Waals surface area contributed by atoms with Crippen molar-refractivity contribution in [2.24, 2.45) is 0 Å². The topological polar surface area (TPSA) is 59.0 Å². The Labute approximate surface area is 180 Å². The third-order valence-electron chi connectivity index (χ3n) is 4.75. The van der Waals surface area contributed by atoms with Crippen molar-refractivity contribution in [1.82, 2.24) is 4.90 Å². The summed E-state index contributed by atoms with van der Waals surface area (Å²) in [6.45, 7) is 10.3. The predicted molar refractivity (Wildman–Crippen MR) is 119 cm³/mol. The highest BCUT2D eigenvalue weighted by molar-refractivity contribution is 5.68. The van der Waals surface area contributed by atoms with E-state index in [1.807, 2.05) is 82.3 Å². The summed E-state index contributed by atoms with van der Waals surface area (Å²) in [6, 6.07) is 17.3. The largest absolute Gasteiger partial charge is 0.489 e. The fraction of sp³-hybridized carbons (Fsp3) is 0.480. The van der Waals surface area contributed by atoms with E-state index in [0.29, 0.717) is 6.61 Å². The van der Waals surface area contributed by atoms with Gasteiger partial charge in [0.15, 0.2) is 0 Å². The monoisotopic (exact) mass is 413 g/mol. The van der Waals surface area contributed by atoms with E-state index in [0.717, 1.165) is 29.7 Å². The maximum Gasteiger partial charge on any atom is 0.410 e. The molecule has 164 valence electrons. The maximum atomic E-state index is 12.7. The number of aliphatic hydroxyl groups is 1. The summed E-state index contributed by atoms with van der Waals surface area (Å²) < 4.78 is 11.4. The number of hydrogen-bond donors (Lipinski definition) is 1. The standard InChI is InChI=1S/C25H35NO4/c1-6-10-19(2)26(24(28)30-25(3,4)5)17-23(27)21-13-15-22(16-14-21)29-18-20-11-8-7-9-12-20/h7-9,11-16,19,23,27H,6,10,17-18H2,1-5H3. The number of nitrogens with zero attached hydrogens (tertiary/aromatic N) is 1. The van der Waals surface area contributed by atoms with E-state index in [9.17, 15) is 9.90 Å². The minimum absolute atomic E-state index is 0.0204. The molecule has 2 aromatic rings. The first-order valence-electron chi connectivity index (χ1n) is 10.6. The number of amides is 1. The van der Waals surface area contributed by atoms with Crippen LogP contribution in [0.1, 0.15) is 64.7 Å². The summed E-state index contributed by atoms with van der Waals surface area (Å²) in [7, 11) is 0. The Kier molecular flexibility index (Phi) is 8.72. The van der Waals surface area contributed by atoms with E-state index in [1.165, 1.54) is 0 Å². The van der Waals surface area contributed by atoms with E-state index in [4.69, 9.17) is 9.47 Å². The first-order chi connectivity index (χ1) is 14.2. The maximum absolute atomic E-state index is 12.7. The van der Waals surface area contributed by atoms with Crippen molar-refractivity contribution in [3.8, 4) is 5.75 Å². The molecule has 2 rings (SSSR count). The summed E-state index contributed by atoms with van der Waals surface area (Å²) in [5.41, 5.74) is 1.25. The Bertz CT molecular complexity index is 768. The van der Waals surface area contributed by atoms with Crippen molar-refractivity contribution in [2.75, 3.05) is 6.54 Å². The number of aliphatic hydroxyl groups excluding tert-OH is 1. The smallest absolute Gasteiger partial charge is 0.410 e. The minimum atomic E-state index is -0.806. The molecule has 30 heavy (non-hydrogen) atoms. The molecule has 1 amide bonds. The zero-order valence-corrected chi connectivity index (χ0v) is 18.8. The summed E-state index contributed by atoms with van der Waals surface area (Å²) >= 11 is 0. The molecule has 2 aromatic carbocycles. The van der Waals surface area contributed by atoms with Gasteiger partial charge >= 0.3 is 6.09 Å². The van der Waals surface area contributed by atoms with Gasteiger partial charge in [-0.25, -0.2) is 4.79 Å². The molecule has 0 aromatic heterocycles. The summed E-state index contributed by atoms with van der Waals surface area (Å²) in [5.74, 6) is 0.734. The molecule has 0 heterocycles. The van der Waals surface area contributed by atoms with Gasteiger partial charge in [0.2, 0.25) is 0 Å². The first kappa shape index (κ1) is 23.7. The van der Waals surface area contributed by atoms with Gasteiger partial charge in [0.05, 0.1) is 12.6 Å². The van der Waals surface area contributed by atoms with Crippen LogP contribution in [0, 0.1) is 0 Å². The SMILES string of the molecule is CCCC(C)N(CC(O)c1ccc(OCc2ccccc2)cc1)C(=O)OC(C)(C)C. The average molecular weight is 414 g/mol. The highest BCUT2D eigenvalue weighted by Crippen LogP contribution is 2.22. The molecule has 0 spiro atoms. The molecule has 1 N–H and O–H groups in total. The van der Waals surface area contributed by atoms with Crippen molar-refractivity contribution in [2.45, 2.75) is 71.8 Å². The van der Waals surface area contributed by atoms with Gasteiger partial charge in [-0.1, -0.05) is 55.8 Å². The molecular formula is C25H35NO4. The van der Waals surface area contributed by atoms with E-state index in [1.54, 1.807) is 4.90 Å². The van der Waals surface area contributed by atoms with Crippen LogP contribution in [0.5, 0.6) is 5.75 Å². The number of ether oxygens (including phenoxy) is 2. The second-order valence-electron chi connectivity index (χ2n) is 8.63. The Balaban J connectivity index is 2.01. The van der Waals surface area contributed by atoms with Crippen LogP contribution in [0.25, 0.3) is 0 Å². The predicted octanol–water partition coefficient (Wildman–Crippen LogP) is 5.72. The fourth-order valence-corrected chi connectivity index (χ4v) is 3.15. The highest BCUT2D eigenvalue weighted by Gasteiger charge is 2.28. The van der Waals surface area contributed by atoms with Crippen LogP contribution in [0.2, 0.25) is 0 Å². The lowest BCUT2D eigenvalue weighted by atomic mass is 10.1. The fourth-order valence-electron chi connectivity index (χ4n) is 3.15. The van der Waals surface area contributed by atoms with Crippen molar-refractivity contribution in [3.63, 3.8) is 0 Å². The molecule has 2 unspecified atom stereocenters. The first-order valence-corrected chi connectivity index (χ1v) is 10.6. The number of benzene rings is 2. The van der Waals surface area contributed by atoms with E-state index >= 15 is 0 Å². The lowest BCUT2D eigenvalue weighted by molar-refractivity contribution is 0.00451. The lowest BCUT2D eigenvalue weighted by Gasteiger charge is -2.33. The molecule has 2 atom stereocenters. The molecule has 0 fully saturated rings. The summed E-state index contributed by atoms with van der Waals surface area (Å²) in [6.07, 6.45) is 0.590. The van der Waals surface area contributed by atoms with Gasteiger partial charge < -0.3 is 19.5 Å². The quantitative estimate of drug-likeness (QED) is 0.571. The molecule has 0 aliphatic heterocycles. The molecule has 5 heteroatoms. The molecule has 5 nitrogen and oxygen atoms in total. The number of carbonyl (C=O) groups excluding carboxylic acids is 1. The highest BCUT2D eigenvalue weighted by atomic mass is 16.6. The Morgan fingerprint density at radius 1 is 1.07 bits per heavy atom. The van der Waals surface area contributed by atoms with Crippen LogP contribution in [0.4, 0.5) is 4.79 Å². The average Bonchev–Trinajstić information content (AvgIpc) is 2.70. The van der Waals surface area contributed by atoms with Crippen molar-refractivity contribution >= 4 is 6.09 Å². The lowest BCUT2D eigenvalue weighted by Crippen LogP contribution is -2.44. The van der Waals surface area contributed by atoms with Crippen molar-refractivity contribution in [1.29, 1.82) is 0 Å². The Hall–Kier alpha value is -2.53. The molecule has 0 saturated carbocycles. The van der Waals surface area contributed by atoms with Crippen LogP contribution in [0.15, 0.2) is 54.6 Å². The minimum Gasteiger partial charge on any atom is -0.489 e. The van der Waals surface area contributed by atoms with Gasteiger partial charge in [0.25, 0.3) is 0 Å². The van der Waals surface area contributed by atoms with E-state index in [-0.39, 0.29) is 12.6 Å². The Morgan fingerprint density at radius 3 is 2.27 bits per heavy atom. The third-order valence-corrected chi connectivity index (χ3v) is 4.75. The van der Waals surface area contributed by atoms with E-state index < -0.39 is 17.8 Å². The second-order valence-corrected chi connectivity index (χ2v) is 8.63. The van der Waals surface area contributed by atoms with Crippen LogP contribution < -0.4 is 4.74 Å². The number of hydrogen-bond acceptors (Lipinski definition) is 4. The molecule has 0 bridgehead atoms. The van der Waals surface area contributed by atoms with Gasteiger partial charge in [-0.05, 0) is 57.4 Å². The zero-order valence-electron chi connectivity index (χ0n) is 18.8. The van der Waals surface area contributed by atoms with Crippen LogP contribution in [0.3, 0.4) is 0 Å². The third kappa shape index (κ3) is 7.71. The molecule has 0 saturated heterocycles. The zero-order chi connectivity index (χ0) is 22.1. The van der Waals surface area contributed by atoms with Gasteiger partial charge in [-0.3, -0.25) is 0 Å². The molecular weight excluding hydrogens is 378 g/mol.